The summed E-state index contributed by atoms with van der Waals surface area (Å²) in [6.07, 6.45) is 7.29. The maximum absolute atomic E-state index is 12.4. The van der Waals surface area contributed by atoms with E-state index in [2.05, 4.69) is 15.3 Å². The van der Waals surface area contributed by atoms with Gasteiger partial charge in [-0.3, -0.25) is 4.79 Å². The van der Waals surface area contributed by atoms with Crippen molar-refractivity contribution < 1.29 is 14.3 Å². The van der Waals surface area contributed by atoms with Crippen molar-refractivity contribution in [2.45, 2.75) is 25.7 Å². The number of hydrogen-bond acceptors (Lipinski definition) is 6. The minimum Gasteiger partial charge on any atom is -0.493 e. The molecule has 1 N–H and O–H groups in total. The van der Waals surface area contributed by atoms with Gasteiger partial charge in [-0.25, -0.2) is 9.97 Å². The minimum atomic E-state index is -0.0286. The molecule has 1 saturated heterocycles. The molecule has 0 bridgehead atoms. The normalized spacial score (nSPS) is 13.9. The van der Waals surface area contributed by atoms with E-state index in [9.17, 15) is 4.79 Å². The summed E-state index contributed by atoms with van der Waals surface area (Å²) in [6, 6.07) is 5.87. The number of ether oxygens (including phenoxy) is 2. The van der Waals surface area contributed by atoms with E-state index >= 15 is 0 Å². The Kier molecular flexibility index (Phi) is 6.46. The second-order valence-electron chi connectivity index (χ2n) is 6.51. The molecule has 1 aromatic heterocycles. The fraction of sp³-hybridized carbons (Fsp3) is 0.450. The molecule has 0 aliphatic carbocycles. The molecular weight excluding hydrogens is 344 g/mol. The van der Waals surface area contributed by atoms with Crippen LogP contribution in [-0.4, -0.2) is 54.6 Å². The highest BCUT2D eigenvalue weighted by Crippen LogP contribution is 2.27. The number of methoxy groups -OCH3 is 2. The van der Waals surface area contributed by atoms with Crippen LogP contribution in [0.3, 0.4) is 0 Å². The van der Waals surface area contributed by atoms with Gasteiger partial charge in [-0.2, -0.15) is 0 Å². The first-order chi connectivity index (χ1) is 13.2. The van der Waals surface area contributed by atoms with Crippen LogP contribution < -0.4 is 14.8 Å². The average molecular weight is 370 g/mol. The molecule has 0 saturated carbocycles. The Morgan fingerprint density at radius 2 is 1.85 bits per heavy atom. The van der Waals surface area contributed by atoms with Gasteiger partial charge >= 0.3 is 0 Å². The van der Waals surface area contributed by atoms with Crippen molar-refractivity contribution in [3.63, 3.8) is 0 Å². The number of rotatable bonds is 7. The largest absolute Gasteiger partial charge is 0.493 e. The topological polar surface area (TPSA) is 76.6 Å². The Hall–Kier alpha value is -2.83. The van der Waals surface area contributed by atoms with Crippen LogP contribution in [0.25, 0.3) is 0 Å². The Labute approximate surface area is 159 Å². The SMILES string of the molecule is COc1ccc(CCNc2cnc(C(=O)N3CCCCC3)cn2)cc1OC. The first-order valence-electron chi connectivity index (χ1n) is 9.27. The molecule has 3 rings (SSSR count). The van der Waals surface area contributed by atoms with E-state index in [0.717, 1.165) is 43.7 Å². The second kappa shape index (κ2) is 9.21. The molecule has 1 aliphatic heterocycles. The lowest BCUT2D eigenvalue weighted by atomic mass is 10.1. The molecule has 0 unspecified atom stereocenters. The average Bonchev–Trinajstić information content (AvgIpc) is 2.74. The summed E-state index contributed by atoms with van der Waals surface area (Å²) in [7, 11) is 3.25. The van der Waals surface area contributed by atoms with Crippen molar-refractivity contribution in [1.29, 1.82) is 0 Å². The highest BCUT2D eigenvalue weighted by molar-refractivity contribution is 5.92. The standard InChI is InChI=1S/C20H26N4O3/c1-26-17-7-6-15(12-18(17)27-2)8-9-21-19-14-22-16(13-23-19)20(25)24-10-4-3-5-11-24/h6-7,12-14H,3-5,8-11H2,1-2H3,(H,21,23). The zero-order valence-electron chi connectivity index (χ0n) is 15.9. The number of carbonyl (C=O) groups excluding carboxylic acids is 1. The first-order valence-corrected chi connectivity index (χ1v) is 9.27. The minimum absolute atomic E-state index is 0.0286. The van der Waals surface area contributed by atoms with Crippen molar-refractivity contribution >= 4 is 11.7 Å². The van der Waals surface area contributed by atoms with Gasteiger partial charge in [-0.05, 0) is 43.4 Å². The van der Waals surface area contributed by atoms with Gasteiger partial charge in [0.15, 0.2) is 11.5 Å². The molecule has 1 amide bonds. The quantitative estimate of drug-likeness (QED) is 0.808. The summed E-state index contributed by atoms with van der Waals surface area (Å²) in [5, 5.41) is 3.23. The molecule has 2 aromatic rings. The van der Waals surface area contributed by atoms with E-state index in [1.165, 1.54) is 6.42 Å². The van der Waals surface area contributed by atoms with Crippen LogP contribution in [-0.2, 0) is 6.42 Å². The van der Waals surface area contributed by atoms with Crippen molar-refractivity contribution in [1.82, 2.24) is 14.9 Å². The van der Waals surface area contributed by atoms with E-state index in [-0.39, 0.29) is 5.91 Å². The van der Waals surface area contributed by atoms with E-state index < -0.39 is 0 Å². The third kappa shape index (κ3) is 4.87. The molecule has 2 heterocycles. The van der Waals surface area contributed by atoms with E-state index in [1.807, 2.05) is 23.1 Å². The number of hydrogen-bond donors (Lipinski definition) is 1. The van der Waals surface area contributed by atoms with Gasteiger partial charge in [-0.1, -0.05) is 6.07 Å². The predicted octanol–water partition coefficient (Wildman–Crippen LogP) is 2.77. The highest BCUT2D eigenvalue weighted by atomic mass is 16.5. The van der Waals surface area contributed by atoms with Crippen LogP contribution in [0.1, 0.15) is 35.3 Å². The number of carbonyl (C=O) groups is 1. The molecule has 0 radical (unpaired) electrons. The third-order valence-corrected chi connectivity index (χ3v) is 4.68. The van der Waals surface area contributed by atoms with Crippen molar-refractivity contribution in [3.05, 3.63) is 41.9 Å². The summed E-state index contributed by atoms with van der Waals surface area (Å²) in [4.78, 5) is 22.9. The molecule has 1 aromatic carbocycles. The number of benzene rings is 1. The van der Waals surface area contributed by atoms with Gasteiger partial charge < -0.3 is 19.7 Å². The van der Waals surface area contributed by atoms with Gasteiger partial charge in [0.25, 0.3) is 5.91 Å². The second-order valence-corrected chi connectivity index (χ2v) is 6.51. The number of nitrogens with zero attached hydrogens (tertiary/aromatic N) is 3. The van der Waals surface area contributed by atoms with Crippen molar-refractivity contribution in [3.8, 4) is 11.5 Å². The lowest BCUT2D eigenvalue weighted by molar-refractivity contribution is 0.0718. The van der Waals surface area contributed by atoms with Crippen LogP contribution in [0.15, 0.2) is 30.6 Å². The van der Waals surface area contributed by atoms with Gasteiger partial charge in [0, 0.05) is 19.6 Å². The number of amides is 1. The smallest absolute Gasteiger partial charge is 0.274 e. The lowest BCUT2D eigenvalue weighted by Crippen LogP contribution is -2.36. The summed E-state index contributed by atoms with van der Waals surface area (Å²) in [6.45, 7) is 2.32. The molecule has 27 heavy (non-hydrogen) atoms. The van der Waals surface area contributed by atoms with Crippen molar-refractivity contribution in [2.75, 3.05) is 39.2 Å². The van der Waals surface area contributed by atoms with E-state index in [4.69, 9.17) is 9.47 Å². The van der Waals surface area contributed by atoms with Crippen molar-refractivity contribution in [2.24, 2.45) is 0 Å². The fourth-order valence-corrected chi connectivity index (χ4v) is 3.16. The number of anilines is 1. The first kappa shape index (κ1) is 18.9. The van der Waals surface area contributed by atoms with E-state index in [1.54, 1.807) is 26.6 Å². The highest BCUT2D eigenvalue weighted by Gasteiger charge is 2.19. The number of aromatic nitrogens is 2. The Morgan fingerprint density at radius 3 is 2.52 bits per heavy atom. The Bertz CT molecular complexity index is 758. The molecule has 7 heteroatoms. The monoisotopic (exact) mass is 370 g/mol. The zero-order valence-corrected chi connectivity index (χ0v) is 15.9. The number of nitrogens with one attached hydrogen (secondary N) is 1. The maximum Gasteiger partial charge on any atom is 0.274 e. The zero-order chi connectivity index (χ0) is 19.1. The van der Waals surface area contributed by atoms with E-state index in [0.29, 0.717) is 23.8 Å². The molecule has 144 valence electrons. The predicted molar refractivity (Wildman–Crippen MR) is 104 cm³/mol. The molecule has 1 fully saturated rings. The maximum atomic E-state index is 12.4. The van der Waals surface area contributed by atoms with Crippen LogP contribution >= 0.6 is 0 Å². The number of piperidine rings is 1. The van der Waals surface area contributed by atoms with Crippen LogP contribution in [0, 0.1) is 0 Å². The van der Waals surface area contributed by atoms with Crippen LogP contribution in [0.4, 0.5) is 5.82 Å². The lowest BCUT2D eigenvalue weighted by Gasteiger charge is -2.26. The molecule has 0 spiro atoms. The molecule has 1 aliphatic rings. The Balaban J connectivity index is 1.52. The Morgan fingerprint density at radius 1 is 1.07 bits per heavy atom. The summed E-state index contributed by atoms with van der Waals surface area (Å²) < 4.78 is 10.6. The number of likely N-dealkylation sites (tertiary alicyclic amines) is 1. The molecular formula is C20H26N4O3. The molecule has 7 nitrogen and oxygen atoms in total. The van der Waals surface area contributed by atoms with Gasteiger partial charge in [0.2, 0.25) is 0 Å². The van der Waals surface area contributed by atoms with Gasteiger partial charge in [0.05, 0.1) is 26.6 Å². The molecule has 0 atom stereocenters. The summed E-state index contributed by atoms with van der Waals surface area (Å²) >= 11 is 0. The van der Waals surface area contributed by atoms with Gasteiger partial charge in [0.1, 0.15) is 11.5 Å². The summed E-state index contributed by atoms with van der Waals surface area (Å²) in [5.74, 6) is 2.06. The van der Waals surface area contributed by atoms with Gasteiger partial charge in [-0.15, -0.1) is 0 Å². The van der Waals surface area contributed by atoms with Crippen LogP contribution in [0.2, 0.25) is 0 Å². The van der Waals surface area contributed by atoms with Crippen LogP contribution in [0.5, 0.6) is 11.5 Å². The fourth-order valence-electron chi connectivity index (χ4n) is 3.16. The third-order valence-electron chi connectivity index (χ3n) is 4.68. The summed E-state index contributed by atoms with van der Waals surface area (Å²) in [5.41, 5.74) is 1.53.